The number of imidazole rings is 1. The Morgan fingerprint density at radius 1 is 1.65 bits per heavy atom. The SMILES string of the molecule is CCN(CC(=O)O)C(=O)NC(C)c1ncc[nH]1. The van der Waals surface area contributed by atoms with Crippen LogP contribution in [0, 0.1) is 0 Å². The second-order valence-electron chi connectivity index (χ2n) is 3.55. The third-order valence-electron chi connectivity index (χ3n) is 2.26. The van der Waals surface area contributed by atoms with Crippen molar-refractivity contribution in [3.63, 3.8) is 0 Å². The lowest BCUT2D eigenvalue weighted by atomic mass is 10.3. The number of aromatic nitrogens is 2. The molecule has 0 fully saturated rings. The Morgan fingerprint density at radius 2 is 2.35 bits per heavy atom. The van der Waals surface area contributed by atoms with Crippen LogP contribution in [0.25, 0.3) is 0 Å². The van der Waals surface area contributed by atoms with Gasteiger partial charge < -0.3 is 20.3 Å². The Bertz CT molecular complexity index is 377. The first-order chi connectivity index (χ1) is 8.04. The molecule has 1 unspecified atom stereocenters. The number of carbonyl (C=O) groups is 2. The molecule has 0 spiro atoms. The number of carbonyl (C=O) groups excluding carboxylic acids is 1. The van der Waals surface area contributed by atoms with E-state index in [2.05, 4.69) is 15.3 Å². The van der Waals surface area contributed by atoms with Crippen molar-refractivity contribution in [3.05, 3.63) is 18.2 Å². The third kappa shape index (κ3) is 3.78. The van der Waals surface area contributed by atoms with Gasteiger partial charge in [0, 0.05) is 18.9 Å². The molecule has 7 heteroatoms. The van der Waals surface area contributed by atoms with Crippen LogP contribution in [0.3, 0.4) is 0 Å². The molecule has 17 heavy (non-hydrogen) atoms. The van der Waals surface area contributed by atoms with Gasteiger partial charge in [-0.3, -0.25) is 4.79 Å². The first kappa shape index (κ1) is 13.0. The van der Waals surface area contributed by atoms with Gasteiger partial charge >= 0.3 is 12.0 Å². The van der Waals surface area contributed by atoms with Crippen molar-refractivity contribution in [1.82, 2.24) is 20.2 Å². The van der Waals surface area contributed by atoms with Gasteiger partial charge in [0.25, 0.3) is 0 Å². The minimum Gasteiger partial charge on any atom is -0.480 e. The number of hydrogen-bond acceptors (Lipinski definition) is 3. The Hall–Kier alpha value is -2.05. The first-order valence-corrected chi connectivity index (χ1v) is 5.31. The van der Waals surface area contributed by atoms with Gasteiger partial charge in [0.05, 0.1) is 6.04 Å². The maximum absolute atomic E-state index is 11.7. The molecule has 0 aliphatic carbocycles. The molecule has 2 amide bonds. The van der Waals surface area contributed by atoms with Crippen LogP contribution >= 0.6 is 0 Å². The lowest BCUT2D eigenvalue weighted by Gasteiger charge is -2.21. The molecule has 0 bridgehead atoms. The molecule has 1 aromatic rings. The van der Waals surface area contributed by atoms with Crippen LogP contribution in [-0.2, 0) is 4.79 Å². The highest BCUT2D eigenvalue weighted by Crippen LogP contribution is 2.05. The minimum absolute atomic E-state index is 0.291. The van der Waals surface area contributed by atoms with Crippen molar-refractivity contribution in [2.24, 2.45) is 0 Å². The van der Waals surface area contributed by atoms with Gasteiger partial charge in [0.1, 0.15) is 12.4 Å². The molecule has 0 saturated carbocycles. The number of nitrogens with one attached hydrogen (secondary N) is 2. The van der Waals surface area contributed by atoms with Crippen LogP contribution in [0.1, 0.15) is 25.7 Å². The van der Waals surface area contributed by atoms with E-state index in [0.717, 1.165) is 0 Å². The van der Waals surface area contributed by atoms with Gasteiger partial charge in [-0.25, -0.2) is 9.78 Å². The Balaban J connectivity index is 2.55. The summed E-state index contributed by atoms with van der Waals surface area (Å²) in [6.45, 7) is 3.52. The number of rotatable bonds is 5. The lowest BCUT2D eigenvalue weighted by molar-refractivity contribution is -0.137. The summed E-state index contributed by atoms with van der Waals surface area (Å²) in [5, 5.41) is 11.3. The van der Waals surface area contributed by atoms with Crippen LogP contribution in [0.15, 0.2) is 12.4 Å². The fourth-order valence-electron chi connectivity index (χ4n) is 1.35. The number of likely N-dealkylation sites (N-methyl/N-ethyl adjacent to an activating group) is 1. The molecule has 1 aromatic heterocycles. The quantitative estimate of drug-likeness (QED) is 0.701. The largest absolute Gasteiger partial charge is 0.480 e. The second kappa shape index (κ2) is 5.88. The molecule has 94 valence electrons. The molecule has 0 saturated heterocycles. The molecule has 0 radical (unpaired) electrons. The number of hydrogen-bond donors (Lipinski definition) is 3. The summed E-state index contributed by atoms with van der Waals surface area (Å²) in [6, 6.07) is -0.709. The van der Waals surface area contributed by atoms with E-state index in [1.165, 1.54) is 4.90 Å². The number of nitrogens with zero attached hydrogens (tertiary/aromatic N) is 2. The van der Waals surface area contributed by atoms with Gasteiger partial charge in [0.2, 0.25) is 0 Å². The Morgan fingerprint density at radius 3 is 2.82 bits per heavy atom. The van der Waals surface area contributed by atoms with Crippen LogP contribution < -0.4 is 5.32 Å². The summed E-state index contributed by atoms with van der Waals surface area (Å²) in [5.74, 6) is -0.405. The molecule has 3 N–H and O–H groups in total. The summed E-state index contributed by atoms with van der Waals surface area (Å²) in [4.78, 5) is 30.4. The van der Waals surface area contributed by atoms with E-state index in [4.69, 9.17) is 5.11 Å². The summed E-state index contributed by atoms with van der Waals surface area (Å²) in [6.07, 6.45) is 3.25. The molecule has 7 nitrogen and oxygen atoms in total. The molecule has 0 aliphatic rings. The van der Waals surface area contributed by atoms with Gasteiger partial charge in [-0.15, -0.1) is 0 Å². The smallest absolute Gasteiger partial charge is 0.323 e. The molecular weight excluding hydrogens is 224 g/mol. The first-order valence-electron chi connectivity index (χ1n) is 5.31. The Kier molecular flexibility index (Phi) is 4.50. The molecule has 0 aliphatic heterocycles. The highest BCUT2D eigenvalue weighted by molar-refractivity contribution is 5.80. The second-order valence-corrected chi connectivity index (χ2v) is 3.55. The topological polar surface area (TPSA) is 98.3 Å². The predicted molar refractivity (Wildman–Crippen MR) is 60.4 cm³/mol. The standard InChI is InChI=1S/C10H16N4O3/c1-3-14(6-8(15)16)10(17)13-7(2)9-11-4-5-12-9/h4-5,7H,3,6H2,1-2H3,(H,11,12)(H,13,17)(H,15,16). The van der Waals surface area contributed by atoms with E-state index in [-0.39, 0.29) is 12.6 Å². The third-order valence-corrected chi connectivity index (χ3v) is 2.26. The lowest BCUT2D eigenvalue weighted by Crippen LogP contribution is -2.43. The van der Waals surface area contributed by atoms with Crippen molar-refractivity contribution in [3.8, 4) is 0 Å². The normalized spacial score (nSPS) is 11.9. The number of amides is 2. The summed E-state index contributed by atoms with van der Waals surface area (Å²) in [7, 11) is 0. The minimum atomic E-state index is -1.03. The van der Waals surface area contributed by atoms with Gasteiger partial charge in [-0.1, -0.05) is 0 Å². The fraction of sp³-hybridized carbons (Fsp3) is 0.500. The summed E-state index contributed by atoms with van der Waals surface area (Å²) in [5.41, 5.74) is 0. The van der Waals surface area contributed by atoms with Crippen molar-refractivity contribution < 1.29 is 14.7 Å². The maximum atomic E-state index is 11.7. The number of carboxylic acid groups (broad SMARTS) is 1. The fourth-order valence-corrected chi connectivity index (χ4v) is 1.35. The van der Waals surface area contributed by atoms with E-state index in [1.54, 1.807) is 26.2 Å². The number of carboxylic acids is 1. The predicted octanol–water partition coefficient (Wildman–Crippen LogP) is 0.587. The average Bonchev–Trinajstić information content (AvgIpc) is 2.78. The van der Waals surface area contributed by atoms with Crippen LogP contribution in [0.2, 0.25) is 0 Å². The van der Waals surface area contributed by atoms with Crippen molar-refractivity contribution in [2.75, 3.05) is 13.1 Å². The number of aromatic amines is 1. The highest BCUT2D eigenvalue weighted by atomic mass is 16.4. The Labute approximate surface area is 98.8 Å². The number of aliphatic carboxylic acids is 1. The van der Waals surface area contributed by atoms with E-state index >= 15 is 0 Å². The zero-order valence-electron chi connectivity index (χ0n) is 9.80. The van der Waals surface area contributed by atoms with E-state index in [0.29, 0.717) is 12.4 Å². The van der Waals surface area contributed by atoms with E-state index in [1.807, 2.05) is 0 Å². The molecule has 1 rings (SSSR count). The van der Waals surface area contributed by atoms with Crippen LogP contribution in [0.4, 0.5) is 4.79 Å². The van der Waals surface area contributed by atoms with E-state index < -0.39 is 12.0 Å². The van der Waals surface area contributed by atoms with Crippen LogP contribution in [-0.4, -0.2) is 45.1 Å². The van der Waals surface area contributed by atoms with Crippen LogP contribution in [0.5, 0.6) is 0 Å². The van der Waals surface area contributed by atoms with Crippen molar-refractivity contribution in [1.29, 1.82) is 0 Å². The number of H-pyrrole nitrogens is 1. The molecule has 1 atom stereocenters. The molecule has 0 aromatic carbocycles. The van der Waals surface area contributed by atoms with Crippen molar-refractivity contribution >= 4 is 12.0 Å². The summed E-state index contributed by atoms with van der Waals surface area (Å²) < 4.78 is 0. The molecule has 1 heterocycles. The highest BCUT2D eigenvalue weighted by Gasteiger charge is 2.18. The monoisotopic (exact) mass is 240 g/mol. The zero-order valence-corrected chi connectivity index (χ0v) is 9.80. The van der Waals surface area contributed by atoms with Gasteiger partial charge in [0.15, 0.2) is 0 Å². The zero-order chi connectivity index (χ0) is 12.8. The van der Waals surface area contributed by atoms with E-state index in [9.17, 15) is 9.59 Å². The van der Waals surface area contributed by atoms with Gasteiger partial charge in [-0.05, 0) is 13.8 Å². The molecular formula is C10H16N4O3. The van der Waals surface area contributed by atoms with Gasteiger partial charge in [-0.2, -0.15) is 0 Å². The van der Waals surface area contributed by atoms with Crippen molar-refractivity contribution in [2.45, 2.75) is 19.9 Å². The maximum Gasteiger partial charge on any atom is 0.323 e. The number of urea groups is 1. The average molecular weight is 240 g/mol. The summed E-state index contributed by atoms with van der Waals surface area (Å²) >= 11 is 0.